The van der Waals surface area contributed by atoms with Gasteiger partial charge in [-0.2, -0.15) is 5.10 Å². The van der Waals surface area contributed by atoms with Crippen LogP contribution in [-0.4, -0.2) is 39.9 Å². The van der Waals surface area contributed by atoms with Gasteiger partial charge in [-0.1, -0.05) is 13.8 Å². The molecule has 2 fully saturated rings. The number of aryl methyl sites for hydroxylation is 1. The van der Waals surface area contributed by atoms with Gasteiger partial charge in [-0.05, 0) is 31.1 Å². The molecule has 4 nitrogen and oxygen atoms in total. The van der Waals surface area contributed by atoms with E-state index in [4.69, 9.17) is 0 Å². The molecule has 0 amide bonds. The van der Waals surface area contributed by atoms with Crippen LogP contribution in [0.4, 0.5) is 0 Å². The standard InChI is InChI=1S/C16H28N4/c1-12(2)6-15-11-20(10-13-7-18-19(3)9-13)16(8-17-15)14-4-5-14/h7,9,12,14-17H,4-6,8,10-11H2,1-3H3. The van der Waals surface area contributed by atoms with Crippen molar-refractivity contribution in [2.24, 2.45) is 18.9 Å². The lowest BCUT2D eigenvalue weighted by Crippen LogP contribution is -2.57. The van der Waals surface area contributed by atoms with Gasteiger partial charge in [-0.3, -0.25) is 9.58 Å². The number of piperazine rings is 1. The number of hydrogen-bond donors (Lipinski definition) is 1. The van der Waals surface area contributed by atoms with Crippen molar-refractivity contribution in [3.63, 3.8) is 0 Å². The lowest BCUT2D eigenvalue weighted by atomic mass is 9.98. The Hall–Kier alpha value is -0.870. The minimum absolute atomic E-state index is 0.654. The van der Waals surface area contributed by atoms with E-state index in [2.05, 4.69) is 35.4 Å². The van der Waals surface area contributed by atoms with Gasteiger partial charge in [0.25, 0.3) is 0 Å². The van der Waals surface area contributed by atoms with Crippen molar-refractivity contribution in [3.8, 4) is 0 Å². The Kier molecular flexibility index (Phi) is 4.13. The zero-order valence-electron chi connectivity index (χ0n) is 13.0. The fraction of sp³-hybridized carbons (Fsp3) is 0.812. The first-order valence-corrected chi connectivity index (χ1v) is 8.06. The molecule has 0 radical (unpaired) electrons. The van der Waals surface area contributed by atoms with E-state index in [1.165, 1.54) is 37.9 Å². The monoisotopic (exact) mass is 276 g/mol. The molecule has 0 bridgehead atoms. The molecule has 1 saturated heterocycles. The second kappa shape index (κ2) is 5.86. The van der Waals surface area contributed by atoms with Crippen molar-refractivity contribution in [1.29, 1.82) is 0 Å². The Morgan fingerprint density at radius 3 is 2.80 bits per heavy atom. The summed E-state index contributed by atoms with van der Waals surface area (Å²) < 4.78 is 1.91. The Bertz CT molecular complexity index is 435. The summed E-state index contributed by atoms with van der Waals surface area (Å²) >= 11 is 0. The summed E-state index contributed by atoms with van der Waals surface area (Å²) in [4.78, 5) is 2.71. The van der Waals surface area contributed by atoms with Crippen LogP contribution in [0.3, 0.4) is 0 Å². The molecule has 1 aliphatic carbocycles. The maximum Gasteiger partial charge on any atom is 0.0534 e. The number of nitrogens with zero attached hydrogens (tertiary/aromatic N) is 3. The lowest BCUT2D eigenvalue weighted by Gasteiger charge is -2.41. The van der Waals surface area contributed by atoms with Crippen LogP contribution in [0, 0.1) is 11.8 Å². The first-order valence-electron chi connectivity index (χ1n) is 8.06. The van der Waals surface area contributed by atoms with Gasteiger partial charge >= 0.3 is 0 Å². The summed E-state index contributed by atoms with van der Waals surface area (Å²) in [5, 5.41) is 8.09. The normalized spacial score (nSPS) is 28.2. The van der Waals surface area contributed by atoms with Crippen LogP contribution in [0.25, 0.3) is 0 Å². The smallest absolute Gasteiger partial charge is 0.0534 e. The first kappa shape index (κ1) is 14.1. The minimum Gasteiger partial charge on any atom is -0.311 e. The highest BCUT2D eigenvalue weighted by Crippen LogP contribution is 2.37. The van der Waals surface area contributed by atoms with Crippen LogP contribution in [-0.2, 0) is 13.6 Å². The van der Waals surface area contributed by atoms with Gasteiger partial charge in [0.15, 0.2) is 0 Å². The SMILES string of the molecule is CC(C)CC1CN(Cc2cnn(C)c2)C(C2CC2)CN1. The molecule has 20 heavy (non-hydrogen) atoms. The van der Waals surface area contributed by atoms with Crippen molar-refractivity contribution in [2.45, 2.75) is 51.7 Å². The van der Waals surface area contributed by atoms with Crippen LogP contribution in [0.2, 0.25) is 0 Å². The largest absolute Gasteiger partial charge is 0.311 e. The van der Waals surface area contributed by atoms with Crippen molar-refractivity contribution < 1.29 is 0 Å². The quantitative estimate of drug-likeness (QED) is 0.893. The third kappa shape index (κ3) is 3.41. The zero-order valence-corrected chi connectivity index (χ0v) is 13.0. The molecule has 0 spiro atoms. The molecule has 2 aliphatic rings. The molecule has 0 aromatic carbocycles. The number of aromatic nitrogens is 2. The highest BCUT2D eigenvalue weighted by molar-refractivity contribution is 5.06. The molecule has 2 heterocycles. The lowest BCUT2D eigenvalue weighted by molar-refractivity contribution is 0.100. The topological polar surface area (TPSA) is 33.1 Å². The molecule has 2 atom stereocenters. The Labute approximate surface area is 122 Å². The highest BCUT2D eigenvalue weighted by atomic mass is 15.3. The Morgan fingerprint density at radius 1 is 1.40 bits per heavy atom. The number of rotatable bonds is 5. The fourth-order valence-corrected chi connectivity index (χ4v) is 3.54. The van der Waals surface area contributed by atoms with Crippen molar-refractivity contribution in [3.05, 3.63) is 18.0 Å². The van der Waals surface area contributed by atoms with Crippen molar-refractivity contribution in [2.75, 3.05) is 13.1 Å². The summed E-state index contributed by atoms with van der Waals surface area (Å²) in [6.07, 6.45) is 8.29. The molecule has 3 rings (SSSR count). The average Bonchev–Trinajstić information content (AvgIpc) is 3.13. The second-order valence-electron chi connectivity index (χ2n) is 7.09. The predicted molar refractivity (Wildman–Crippen MR) is 81.4 cm³/mol. The van der Waals surface area contributed by atoms with Crippen LogP contribution in [0.15, 0.2) is 12.4 Å². The van der Waals surface area contributed by atoms with Crippen LogP contribution in [0.5, 0.6) is 0 Å². The van der Waals surface area contributed by atoms with E-state index in [0.29, 0.717) is 6.04 Å². The summed E-state index contributed by atoms with van der Waals surface area (Å²) in [6, 6.07) is 1.39. The Morgan fingerprint density at radius 2 is 2.20 bits per heavy atom. The van der Waals surface area contributed by atoms with Crippen LogP contribution >= 0.6 is 0 Å². The number of hydrogen-bond acceptors (Lipinski definition) is 3. The molecule has 1 N–H and O–H groups in total. The van der Waals surface area contributed by atoms with Gasteiger partial charge in [0.2, 0.25) is 0 Å². The summed E-state index contributed by atoms with van der Waals surface area (Å²) in [6.45, 7) is 8.06. The molecular weight excluding hydrogens is 248 g/mol. The predicted octanol–water partition coefficient (Wildman–Crippen LogP) is 2.02. The summed E-state index contributed by atoms with van der Waals surface area (Å²) in [5.41, 5.74) is 1.35. The molecule has 2 unspecified atom stereocenters. The van der Waals surface area contributed by atoms with Gasteiger partial charge in [-0.15, -0.1) is 0 Å². The first-order chi connectivity index (χ1) is 9.61. The number of nitrogens with one attached hydrogen (secondary N) is 1. The van der Waals surface area contributed by atoms with E-state index in [-0.39, 0.29) is 0 Å². The fourth-order valence-electron chi connectivity index (χ4n) is 3.54. The summed E-state index contributed by atoms with van der Waals surface area (Å²) in [5.74, 6) is 1.70. The highest BCUT2D eigenvalue weighted by Gasteiger charge is 2.38. The van der Waals surface area contributed by atoms with E-state index in [1.54, 1.807) is 0 Å². The minimum atomic E-state index is 0.654. The maximum atomic E-state index is 4.31. The van der Waals surface area contributed by atoms with Crippen molar-refractivity contribution >= 4 is 0 Å². The van der Waals surface area contributed by atoms with Gasteiger partial charge in [0.05, 0.1) is 6.20 Å². The van der Waals surface area contributed by atoms with Gasteiger partial charge in [0, 0.05) is 50.5 Å². The third-order valence-corrected chi connectivity index (χ3v) is 4.61. The molecule has 1 aliphatic heterocycles. The molecule has 1 saturated carbocycles. The van der Waals surface area contributed by atoms with Gasteiger partial charge < -0.3 is 5.32 Å². The molecule has 4 heteroatoms. The van der Waals surface area contributed by atoms with Gasteiger partial charge in [-0.25, -0.2) is 0 Å². The van der Waals surface area contributed by atoms with E-state index in [0.717, 1.165) is 24.4 Å². The molecular formula is C16H28N4. The second-order valence-corrected chi connectivity index (χ2v) is 7.09. The van der Waals surface area contributed by atoms with E-state index in [9.17, 15) is 0 Å². The van der Waals surface area contributed by atoms with Gasteiger partial charge in [0.1, 0.15) is 0 Å². The third-order valence-electron chi connectivity index (χ3n) is 4.61. The van der Waals surface area contributed by atoms with E-state index < -0.39 is 0 Å². The summed E-state index contributed by atoms with van der Waals surface area (Å²) in [7, 11) is 2.00. The maximum absolute atomic E-state index is 4.31. The average molecular weight is 276 g/mol. The van der Waals surface area contributed by atoms with E-state index in [1.807, 2.05) is 17.9 Å². The Balaban J connectivity index is 1.65. The molecule has 112 valence electrons. The van der Waals surface area contributed by atoms with Crippen LogP contribution in [0.1, 0.15) is 38.7 Å². The van der Waals surface area contributed by atoms with E-state index >= 15 is 0 Å². The zero-order chi connectivity index (χ0) is 14.1. The van der Waals surface area contributed by atoms with Crippen LogP contribution < -0.4 is 5.32 Å². The molecule has 1 aromatic heterocycles. The van der Waals surface area contributed by atoms with Crippen molar-refractivity contribution in [1.82, 2.24) is 20.0 Å². The molecule has 1 aromatic rings.